The highest BCUT2D eigenvalue weighted by atomic mass is 16.5. The van der Waals surface area contributed by atoms with E-state index in [1.54, 1.807) is 10.6 Å². The average molecular weight is 272 g/mol. The largest absolute Gasteiger partial charge is 0.494 e. The van der Waals surface area contributed by atoms with Crippen LogP contribution in [0.1, 0.15) is 17.5 Å². The molecule has 4 heteroatoms. The van der Waals surface area contributed by atoms with Gasteiger partial charge < -0.3 is 15.0 Å². The van der Waals surface area contributed by atoms with Gasteiger partial charge in [0.05, 0.1) is 6.61 Å². The van der Waals surface area contributed by atoms with Crippen LogP contribution in [0.25, 0.3) is 0 Å². The Kier molecular flexibility index (Phi) is 4.96. The Morgan fingerprint density at radius 3 is 2.85 bits per heavy atom. The molecule has 2 N–H and O–H groups in total. The van der Waals surface area contributed by atoms with Crippen molar-refractivity contribution in [2.24, 2.45) is 5.73 Å². The van der Waals surface area contributed by atoms with E-state index in [0.29, 0.717) is 19.7 Å². The zero-order chi connectivity index (χ0) is 14.4. The SMILES string of the molecule is Cc1ccn(CCCOc2cccc(CN)c2)c(=O)c1. The van der Waals surface area contributed by atoms with Crippen LogP contribution >= 0.6 is 0 Å². The minimum absolute atomic E-state index is 0.0372. The van der Waals surface area contributed by atoms with Crippen LogP contribution in [-0.4, -0.2) is 11.2 Å². The van der Waals surface area contributed by atoms with Crippen molar-refractivity contribution in [1.29, 1.82) is 0 Å². The van der Waals surface area contributed by atoms with Gasteiger partial charge in [0.2, 0.25) is 0 Å². The van der Waals surface area contributed by atoms with Crippen molar-refractivity contribution in [3.63, 3.8) is 0 Å². The maximum Gasteiger partial charge on any atom is 0.250 e. The van der Waals surface area contributed by atoms with Gasteiger partial charge in [0, 0.05) is 25.4 Å². The number of ether oxygens (including phenoxy) is 1. The highest BCUT2D eigenvalue weighted by Gasteiger charge is 1.98. The lowest BCUT2D eigenvalue weighted by atomic mass is 10.2. The van der Waals surface area contributed by atoms with E-state index in [1.807, 2.05) is 43.5 Å². The maximum absolute atomic E-state index is 11.7. The summed E-state index contributed by atoms with van der Waals surface area (Å²) in [5, 5.41) is 0. The van der Waals surface area contributed by atoms with Gasteiger partial charge in [-0.1, -0.05) is 12.1 Å². The molecule has 1 aromatic carbocycles. The molecule has 0 aliphatic rings. The molecule has 4 nitrogen and oxygen atoms in total. The van der Waals surface area contributed by atoms with Crippen LogP contribution in [0, 0.1) is 6.92 Å². The molecular formula is C16H20N2O2. The molecule has 0 atom stereocenters. The van der Waals surface area contributed by atoms with E-state index < -0.39 is 0 Å². The van der Waals surface area contributed by atoms with Crippen LogP contribution < -0.4 is 16.0 Å². The summed E-state index contributed by atoms with van der Waals surface area (Å²) < 4.78 is 7.36. The first-order valence-corrected chi connectivity index (χ1v) is 6.78. The van der Waals surface area contributed by atoms with Crippen LogP contribution in [-0.2, 0) is 13.1 Å². The summed E-state index contributed by atoms with van der Waals surface area (Å²) in [5.41, 5.74) is 7.66. The van der Waals surface area contributed by atoms with E-state index in [0.717, 1.165) is 23.3 Å². The minimum Gasteiger partial charge on any atom is -0.494 e. The van der Waals surface area contributed by atoms with E-state index in [2.05, 4.69) is 0 Å². The van der Waals surface area contributed by atoms with E-state index in [4.69, 9.17) is 10.5 Å². The first-order valence-electron chi connectivity index (χ1n) is 6.78. The Labute approximate surface area is 118 Å². The lowest BCUT2D eigenvalue weighted by Crippen LogP contribution is -2.19. The molecular weight excluding hydrogens is 252 g/mol. The van der Waals surface area contributed by atoms with Gasteiger partial charge in [-0.2, -0.15) is 0 Å². The molecule has 0 fully saturated rings. The second-order valence-corrected chi connectivity index (χ2v) is 4.79. The number of benzene rings is 1. The summed E-state index contributed by atoms with van der Waals surface area (Å²) in [6, 6.07) is 11.3. The third-order valence-corrected chi connectivity index (χ3v) is 3.10. The van der Waals surface area contributed by atoms with Crippen LogP contribution in [0.3, 0.4) is 0 Å². The van der Waals surface area contributed by atoms with Gasteiger partial charge in [-0.15, -0.1) is 0 Å². The van der Waals surface area contributed by atoms with Crippen molar-refractivity contribution in [2.75, 3.05) is 6.61 Å². The maximum atomic E-state index is 11.7. The first-order chi connectivity index (χ1) is 9.69. The second kappa shape index (κ2) is 6.91. The van der Waals surface area contributed by atoms with Gasteiger partial charge in [-0.3, -0.25) is 4.79 Å². The second-order valence-electron chi connectivity index (χ2n) is 4.79. The number of hydrogen-bond acceptors (Lipinski definition) is 3. The molecule has 106 valence electrons. The standard InChI is InChI=1S/C16H20N2O2/c1-13-6-8-18(16(19)10-13)7-3-9-20-15-5-2-4-14(11-15)12-17/h2,4-6,8,10-11H,3,7,9,12,17H2,1H3. The Morgan fingerprint density at radius 1 is 1.25 bits per heavy atom. The Balaban J connectivity index is 1.82. The normalized spacial score (nSPS) is 10.5. The van der Waals surface area contributed by atoms with E-state index in [1.165, 1.54) is 0 Å². The fourth-order valence-corrected chi connectivity index (χ4v) is 1.98. The number of pyridine rings is 1. The summed E-state index contributed by atoms with van der Waals surface area (Å²) in [7, 11) is 0. The fraction of sp³-hybridized carbons (Fsp3) is 0.312. The van der Waals surface area contributed by atoms with E-state index in [9.17, 15) is 4.79 Å². The smallest absolute Gasteiger partial charge is 0.250 e. The molecule has 1 heterocycles. The lowest BCUT2D eigenvalue weighted by Gasteiger charge is -2.09. The summed E-state index contributed by atoms with van der Waals surface area (Å²) in [5.74, 6) is 0.823. The first kappa shape index (κ1) is 14.3. The van der Waals surface area contributed by atoms with E-state index >= 15 is 0 Å². The molecule has 0 amide bonds. The molecule has 2 rings (SSSR count). The van der Waals surface area contributed by atoms with Crippen molar-refractivity contribution in [3.8, 4) is 5.75 Å². The van der Waals surface area contributed by atoms with Crippen molar-refractivity contribution < 1.29 is 4.74 Å². The monoisotopic (exact) mass is 272 g/mol. The fourth-order valence-electron chi connectivity index (χ4n) is 1.98. The Morgan fingerprint density at radius 2 is 2.10 bits per heavy atom. The van der Waals surface area contributed by atoms with Crippen molar-refractivity contribution in [3.05, 3.63) is 64.1 Å². The number of nitrogens with two attached hydrogens (primary N) is 1. The van der Waals surface area contributed by atoms with Crippen molar-refractivity contribution >= 4 is 0 Å². The van der Waals surface area contributed by atoms with Gasteiger partial charge in [-0.05, 0) is 42.7 Å². The quantitative estimate of drug-likeness (QED) is 0.819. The van der Waals surface area contributed by atoms with Crippen LogP contribution in [0.5, 0.6) is 5.75 Å². The molecule has 2 aromatic rings. The lowest BCUT2D eigenvalue weighted by molar-refractivity contribution is 0.300. The van der Waals surface area contributed by atoms with E-state index in [-0.39, 0.29) is 5.56 Å². The van der Waals surface area contributed by atoms with Crippen LogP contribution in [0.15, 0.2) is 47.4 Å². The zero-order valence-corrected chi connectivity index (χ0v) is 11.7. The molecule has 0 bridgehead atoms. The predicted molar refractivity (Wildman–Crippen MR) is 79.9 cm³/mol. The van der Waals surface area contributed by atoms with Crippen LogP contribution in [0.2, 0.25) is 0 Å². The predicted octanol–water partition coefficient (Wildman–Crippen LogP) is 2.08. The number of rotatable bonds is 6. The average Bonchev–Trinajstić information content (AvgIpc) is 2.45. The molecule has 0 radical (unpaired) electrons. The third-order valence-electron chi connectivity index (χ3n) is 3.10. The molecule has 0 unspecified atom stereocenters. The number of hydrogen-bond donors (Lipinski definition) is 1. The zero-order valence-electron chi connectivity index (χ0n) is 11.7. The van der Waals surface area contributed by atoms with Gasteiger partial charge in [0.15, 0.2) is 0 Å². The molecule has 20 heavy (non-hydrogen) atoms. The molecule has 0 spiro atoms. The summed E-state index contributed by atoms with van der Waals surface area (Å²) in [6.45, 7) is 3.67. The van der Waals surface area contributed by atoms with Crippen molar-refractivity contribution in [2.45, 2.75) is 26.4 Å². The van der Waals surface area contributed by atoms with Crippen molar-refractivity contribution in [1.82, 2.24) is 4.57 Å². The van der Waals surface area contributed by atoms with Crippen LogP contribution in [0.4, 0.5) is 0 Å². The molecule has 0 aliphatic carbocycles. The van der Waals surface area contributed by atoms with Gasteiger partial charge in [0.1, 0.15) is 5.75 Å². The summed E-state index contributed by atoms with van der Waals surface area (Å²) >= 11 is 0. The highest BCUT2D eigenvalue weighted by Crippen LogP contribution is 2.13. The van der Waals surface area contributed by atoms with Gasteiger partial charge in [-0.25, -0.2) is 0 Å². The topological polar surface area (TPSA) is 57.2 Å². The number of nitrogens with zero attached hydrogens (tertiary/aromatic N) is 1. The summed E-state index contributed by atoms with van der Waals surface area (Å²) in [6.07, 6.45) is 2.61. The minimum atomic E-state index is 0.0372. The molecule has 0 saturated heterocycles. The highest BCUT2D eigenvalue weighted by molar-refractivity contribution is 5.28. The molecule has 0 saturated carbocycles. The van der Waals surface area contributed by atoms with Gasteiger partial charge >= 0.3 is 0 Å². The third kappa shape index (κ3) is 3.96. The number of aryl methyl sites for hydroxylation is 2. The molecule has 1 aromatic heterocycles. The number of aromatic nitrogens is 1. The molecule has 0 aliphatic heterocycles. The van der Waals surface area contributed by atoms with Gasteiger partial charge in [0.25, 0.3) is 5.56 Å². The summed E-state index contributed by atoms with van der Waals surface area (Å²) in [4.78, 5) is 11.7. The Hall–Kier alpha value is -2.07. The Bertz CT molecular complexity index is 620.